The lowest BCUT2D eigenvalue weighted by Crippen LogP contribution is -2.26. The maximum Gasteiger partial charge on any atom is 0.320 e. The van der Waals surface area contributed by atoms with Crippen LogP contribution in [0.25, 0.3) is 0 Å². The topological polar surface area (TPSA) is 72.8 Å². The van der Waals surface area contributed by atoms with Gasteiger partial charge in [-0.2, -0.15) is 0 Å². The van der Waals surface area contributed by atoms with Crippen molar-refractivity contribution >= 4 is 23.5 Å². The van der Waals surface area contributed by atoms with Crippen LogP contribution in [0.1, 0.15) is 25.3 Å². The smallest absolute Gasteiger partial charge is 0.320 e. The fraction of sp³-hybridized carbons (Fsp3) is 0.467. The van der Waals surface area contributed by atoms with Crippen LogP contribution in [0, 0.1) is 5.92 Å². The molecule has 0 aromatic heterocycles. The summed E-state index contributed by atoms with van der Waals surface area (Å²) >= 11 is 5.93. The number of esters is 1. The molecule has 0 aliphatic heterocycles. The summed E-state index contributed by atoms with van der Waals surface area (Å²) in [5, 5.41) is 9.65. The van der Waals surface area contributed by atoms with Gasteiger partial charge in [0, 0.05) is 5.02 Å². The predicted octanol–water partition coefficient (Wildman–Crippen LogP) is 2.94. The lowest BCUT2D eigenvalue weighted by molar-refractivity contribution is -0.158. The van der Waals surface area contributed by atoms with Crippen molar-refractivity contribution in [2.45, 2.75) is 26.2 Å². The second kappa shape index (κ2) is 8.52. The van der Waals surface area contributed by atoms with E-state index in [9.17, 15) is 9.59 Å². The molecule has 21 heavy (non-hydrogen) atoms. The molecule has 0 aliphatic rings. The van der Waals surface area contributed by atoms with Gasteiger partial charge in [-0.1, -0.05) is 11.6 Å². The third-order valence-corrected chi connectivity index (χ3v) is 3.29. The zero-order chi connectivity index (χ0) is 15.8. The monoisotopic (exact) mass is 314 g/mol. The number of hydrogen-bond donors (Lipinski definition) is 1. The van der Waals surface area contributed by atoms with Crippen molar-refractivity contribution in [3.05, 3.63) is 28.8 Å². The Labute approximate surface area is 128 Å². The Morgan fingerprint density at radius 3 is 2.67 bits per heavy atom. The Morgan fingerprint density at radius 2 is 2.10 bits per heavy atom. The number of rotatable bonds is 8. The highest BCUT2D eigenvalue weighted by Crippen LogP contribution is 2.25. The van der Waals surface area contributed by atoms with Crippen LogP contribution in [-0.4, -0.2) is 30.8 Å². The number of methoxy groups -OCH3 is 1. The summed E-state index contributed by atoms with van der Waals surface area (Å²) in [6.45, 7) is 1.82. The first-order chi connectivity index (χ1) is 9.99. The molecule has 0 bridgehead atoms. The van der Waals surface area contributed by atoms with Gasteiger partial charge in [0.05, 0.1) is 13.7 Å². The standard InChI is InChI=1S/C15H19ClO5/c1-3-21-15(19)12(14(17)18)6-4-5-10-9-11(16)7-8-13(10)20-2/h7-9,12H,3-6H2,1-2H3,(H,17,18). The number of carboxylic acid groups (broad SMARTS) is 1. The molecule has 1 aromatic rings. The zero-order valence-electron chi connectivity index (χ0n) is 12.1. The first-order valence-corrected chi connectivity index (χ1v) is 7.09. The molecule has 1 rings (SSSR count). The highest BCUT2D eigenvalue weighted by Gasteiger charge is 2.27. The molecular weight excluding hydrogens is 296 g/mol. The third-order valence-electron chi connectivity index (χ3n) is 3.05. The normalized spacial score (nSPS) is 11.8. The first kappa shape index (κ1) is 17.3. The van der Waals surface area contributed by atoms with Gasteiger partial charge in [0.25, 0.3) is 0 Å². The number of halogens is 1. The summed E-state index contributed by atoms with van der Waals surface area (Å²) in [5.41, 5.74) is 0.887. The van der Waals surface area contributed by atoms with Crippen molar-refractivity contribution in [1.82, 2.24) is 0 Å². The average Bonchev–Trinajstić information content (AvgIpc) is 2.43. The Bertz CT molecular complexity index is 501. The minimum Gasteiger partial charge on any atom is -0.496 e. The maximum atomic E-state index is 11.6. The number of aryl methyl sites for hydroxylation is 1. The van der Waals surface area contributed by atoms with Gasteiger partial charge in [-0.3, -0.25) is 9.59 Å². The molecule has 0 saturated heterocycles. The van der Waals surface area contributed by atoms with Crippen molar-refractivity contribution in [1.29, 1.82) is 0 Å². The SMILES string of the molecule is CCOC(=O)C(CCCc1cc(Cl)ccc1OC)C(=O)O. The maximum absolute atomic E-state index is 11.6. The summed E-state index contributed by atoms with van der Waals surface area (Å²) in [7, 11) is 1.56. The molecule has 0 saturated carbocycles. The van der Waals surface area contributed by atoms with Gasteiger partial charge in [-0.05, 0) is 49.9 Å². The number of aliphatic carboxylic acids is 1. The summed E-state index contributed by atoms with van der Waals surface area (Å²) in [4.78, 5) is 22.6. The van der Waals surface area contributed by atoms with E-state index in [1.165, 1.54) is 0 Å². The van der Waals surface area contributed by atoms with Crippen LogP contribution in [0.4, 0.5) is 0 Å². The van der Waals surface area contributed by atoms with Crippen LogP contribution >= 0.6 is 11.6 Å². The molecule has 0 spiro atoms. The van der Waals surface area contributed by atoms with Crippen LogP contribution in [0.15, 0.2) is 18.2 Å². The van der Waals surface area contributed by atoms with Crippen LogP contribution in [0.3, 0.4) is 0 Å². The van der Waals surface area contributed by atoms with E-state index in [1.807, 2.05) is 0 Å². The van der Waals surface area contributed by atoms with E-state index in [0.29, 0.717) is 23.6 Å². The minimum atomic E-state index is -1.16. The van der Waals surface area contributed by atoms with Gasteiger partial charge in [0.2, 0.25) is 0 Å². The van der Waals surface area contributed by atoms with Crippen molar-refractivity contribution in [3.63, 3.8) is 0 Å². The molecule has 0 amide bonds. The number of benzene rings is 1. The van der Waals surface area contributed by atoms with Gasteiger partial charge in [-0.25, -0.2) is 0 Å². The van der Waals surface area contributed by atoms with Gasteiger partial charge in [0.1, 0.15) is 5.75 Å². The molecule has 116 valence electrons. The molecule has 6 heteroatoms. The molecule has 0 fully saturated rings. The average molecular weight is 315 g/mol. The largest absolute Gasteiger partial charge is 0.496 e. The third kappa shape index (κ3) is 5.27. The molecule has 0 heterocycles. The van der Waals surface area contributed by atoms with E-state index in [2.05, 4.69) is 0 Å². The van der Waals surface area contributed by atoms with E-state index in [-0.39, 0.29) is 13.0 Å². The molecule has 0 radical (unpaired) electrons. The lowest BCUT2D eigenvalue weighted by Gasteiger charge is -2.12. The van der Waals surface area contributed by atoms with Crippen molar-refractivity contribution in [3.8, 4) is 5.75 Å². The fourth-order valence-corrected chi connectivity index (χ4v) is 2.22. The summed E-state index contributed by atoms with van der Waals surface area (Å²) in [6, 6.07) is 5.26. The van der Waals surface area contributed by atoms with Gasteiger partial charge >= 0.3 is 11.9 Å². The number of ether oxygens (including phenoxy) is 2. The Balaban J connectivity index is 2.64. The Hall–Kier alpha value is -1.75. The quantitative estimate of drug-likeness (QED) is 0.590. The number of carbonyl (C=O) groups excluding carboxylic acids is 1. The molecule has 1 aromatic carbocycles. The lowest BCUT2D eigenvalue weighted by atomic mass is 9.99. The van der Waals surface area contributed by atoms with Crippen molar-refractivity contribution < 1.29 is 24.2 Å². The first-order valence-electron chi connectivity index (χ1n) is 6.71. The van der Waals surface area contributed by atoms with Crippen LogP contribution < -0.4 is 4.74 Å². The van der Waals surface area contributed by atoms with E-state index in [4.69, 9.17) is 26.2 Å². The number of carbonyl (C=O) groups is 2. The Kier molecular flexibility index (Phi) is 7.02. The molecule has 1 unspecified atom stereocenters. The van der Waals surface area contributed by atoms with Gasteiger partial charge < -0.3 is 14.6 Å². The molecular formula is C15H19ClO5. The second-order valence-corrected chi connectivity index (χ2v) is 4.93. The predicted molar refractivity (Wildman–Crippen MR) is 78.7 cm³/mol. The van der Waals surface area contributed by atoms with Crippen molar-refractivity contribution in [2.24, 2.45) is 5.92 Å². The second-order valence-electron chi connectivity index (χ2n) is 4.49. The molecule has 5 nitrogen and oxygen atoms in total. The van der Waals surface area contributed by atoms with E-state index >= 15 is 0 Å². The Morgan fingerprint density at radius 1 is 1.38 bits per heavy atom. The van der Waals surface area contributed by atoms with Crippen molar-refractivity contribution in [2.75, 3.05) is 13.7 Å². The van der Waals surface area contributed by atoms with Crippen LogP contribution in [0.2, 0.25) is 5.02 Å². The van der Waals surface area contributed by atoms with Crippen LogP contribution in [0.5, 0.6) is 5.75 Å². The highest BCUT2D eigenvalue weighted by atomic mass is 35.5. The van der Waals surface area contributed by atoms with Crippen LogP contribution in [-0.2, 0) is 20.7 Å². The highest BCUT2D eigenvalue weighted by molar-refractivity contribution is 6.30. The summed E-state index contributed by atoms with van der Waals surface area (Å²) in [6.07, 6.45) is 1.31. The molecule has 1 N–H and O–H groups in total. The molecule has 1 atom stereocenters. The molecule has 0 aliphatic carbocycles. The van der Waals surface area contributed by atoms with Gasteiger partial charge in [-0.15, -0.1) is 0 Å². The van der Waals surface area contributed by atoms with E-state index in [0.717, 1.165) is 5.56 Å². The zero-order valence-corrected chi connectivity index (χ0v) is 12.9. The minimum absolute atomic E-state index is 0.171. The van der Waals surface area contributed by atoms with E-state index in [1.54, 1.807) is 32.2 Å². The summed E-state index contributed by atoms with van der Waals surface area (Å²) in [5.74, 6) is -2.29. The number of carboxylic acids is 1. The van der Waals surface area contributed by atoms with E-state index < -0.39 is 17.9 Å². The summed E-state index contributed by atoms with van der Waals surface area (Å²) < 4.78 is 9.99. The number of hydrogen-bond acceptors (Lipinski definition) is 4. The fourth-order valence-electron chi connectivity index (χ4n) is 2.02. The van der Waals surface area contributed by atoms with Gasteiger partial charge in [0.15, 0.2) is 5.92 Å².